The molecule has 0 unspecified atom stereocenters. The van der Waals surface area contributed by atoms with E-state index in [1.807, 2.05) is 12.1 Å². The first-order valence-electron chi connectivity index (χ1n) is 7.34. The van der Waals surface area contributed by atoms with Crippen LogP contribution in [0.25, 0.3) is 0 Å². The summed E-state index contributed by atoms with van der Waals surface area (Å²) in [6.07, 6.45) is 6.60. The van der Waals surface area contributed by atoms with E-state index in [2.05, 4.69) is 24.0 Å². The van der Waals surface area contributed by atoms with Crippen molar-refractivity contribution in [2.45, 2.75) is 39.0 Å². The van der Waals surface area contributed by atoms with Crippen LogP contribution in [0.3, 0.4) is 0 Å². The summed E-state index contributed by atoms with van der Waals surface area (Å²) in [5, 5.41) is 0. The minimum atomic E-state index is 0.861. The van der Waals surface area contributed by atoms with E-state index in [1.54, 1.807) is 0 Å². The Bertz CT molecular complexity index is 337. The first-order chi connectivity index (χ1) is 8.78. The molecule has 0 saturated carbocycles. The smallest absolute Gasteiger partial charge is 0.0314 e. The Kier molecular flexibility index (Phi) is 5.06. The summed E-state index contributed by atoms with van der Waals surface area (Å²) in [6.45, 7) is 6.18. The molecule has 0 amide bonds. The monoisotopic (exact) mass is 246 g/mol. The lowest BCUT2D eigenvalue weighted by molar-refractivity contribution is 0.180. The van der Waals surface area contributed by atoms with Crippen molar-refractivity contribution in [2.75, 3.05) is 25.4 Å². The van der Waals surface area contributed by atoms with Crippen molar-refractivity contribution < 1.29 is 0 Å². The van der Waals surface area contributed by atoms with Gasteiger partial charge in [0, 0.05) is 5.69 Å². The van der Waals surface area contributed by atoms with E-state index in [1.165, 1.54) is 57.3 Å². The third-order valence-corrected chi connectivity index (χ3v) is 4.20. The molecule has 100 valence electrons. The van der Waals surface area contributed by atoms with Crippen LogP contribution in [-0.2, 0) is 6.42 Å². The van der Waals surface area contributed by atoms with E-state index in [0.717, 1.165) is 11.6 Å². The van der Waals surface area contributed by atoms with Gasteiger partial charge in [0.25, 0.3) is 0 Å². The summed E-state index contributed by atoms with van der Waals surface area (Å²) in [5.74, 6) is 0.985. The molecule has 2 rings (SSSR count). The van der Waals surface area contributed by atoms with E-state index >= 15 is 0 Å². The Morgan fingerprint density at radius 2 is 1.83 bits per heavy atom. The highest BCUT2D eigenvalue weighted by Crippen LogP contribution is 2.20. The number of nitrogens with two attached hydrogens (primary N) is 1. The van der Waals surface area contributed by atoms with Crippen molar-refractivity contribution in [3.8, 4) is 0 Å². The van der Waals surface area contributed by atoms with Gasteiger partial charge in [-0.25, -0.2) is 0 Å². The third-order valence-electron chi connectivity index (χ3n) is 4.20. The van der Waals surface area contributed by atoms with Crippen molar-refractivity contribution in [1.29, 1.82) is 0 Å². The zero-order valence-electron chi connectivity index (χ0n) is 11.6. The highest BCUT2D eigenvalue weighted by Gasteiger charge is 2.16. The Hall–Kier alpha value is -1.02. The second kappa shape index (κ2) is 6.79. The van der Waals surface area contributed by atoms with Crippen LogP contribution in [0.4, 0.5) is 5.69 Å². The van der Waals surface area contributed by atoms with Crippen LogP contribution < -0.4 is 5.73 Å². The Balaban J connectivity index is 1.65. The van der Waals surface area contributed by atoms with Crippen molar-refractivity contribution in [1.82, 2.24) is 4.90 Å². The Morgan fingerprint density at radius 3 is 2.44 bits per heavy atom. The van der Waals surface area contributed by atoms with Gasteiger partial charge in [-0.15, -0.1) is 0 Å². The molecule has 2 heteroatoms. The number of hydrogen-bond acceptors (Lipinski definition) is 2. The molecule has 1 aliphatic heterocycles. The highest BCUT2D eigenvalue weighted by molar-refractivity contribution is 5.39. The van der Waals surface area contributed by atoms with Crippen LogP contribution in [-0.4, -0.2) is 24.5 Å². The standard InChI is InChI=1S/C16H26N2/c1-2-14-9-12-18(13-10-14)11-3-4-15-5-7-16(17)8-6-15/h5-8,14H,2-4,9-13,17H2,1H3. The van der Waals surface area contributed by atoms with E-state index in [9.17, 15) is 0 Å². The number of aryl methyl sites for hydroxylation is 1. The predicted molar refractivity (Wildman–Crippen MR) is 78.6 cm³/mol. The van der Waals surface area contributed by atoms with Crippen molar-refractivity contribution in [3.05, 3.63) is 29.8 Å². The van der Waals surface area contributed by atoms with Gasteiger partial charge in [-0.05, 0) is 68.9 Å². The number of nitrogens with zero attached hydrogens (tertiary/aromatic N) is 1. The average molecular weight is 246 g/mol. The van der Waals surface area contributed by atoms with Gasteiger partial charge in [0.05, 0.1) is 0 Å². The lowest BCUT2D eigenvalue weighted by Crippen LogP contribution is -2.34. The minimum Gasteiger partial charge on any atom is -0.399 e. The van der Waals surface area contributed by atoms with Crippen molar-refractivity contribution in [3.63, 3.8) is 0 Å². The fourth-order valence-electron chi connectivity index (χ4n) is 2.81. The van der Waals surface area contributed by atoms with Crippen molar-refractivity contribution >= 4 is 5.69 Å². The maximum absolute atomic E-state index is 5.69. The minimum absolute atomic E-state index is 0.861. The topological polar surface area (TPSA) is 29.3 Å². The summed E-state index contributed by atoms with van der Waals surface area (Å²) in [7, 11) is 0. The maximum atomic E-state index is 5.69. The Labute approximate surface area is 111 Å². The summed E-state index contributed by atoms with van der Waals surface area (Å²) >= 11 is 0. The normalized spacial score (nSPS) is 18.1. The fraction of sp³-hybridized carbons (Fsp3) is 0.625. The SMILES string of the molecule is CCC1CCN(CCCc2ccc(N)cc2)CC1. The van der Waals surface area contributed by atoms with Gasteiger partial charge < -0.3 is 10.6 Å². The van der Waals surface area contributed by atoms with Gasteiger partial charge in [-0.1, -0.05) is 25.5 Å². The molecule has 0 aromatic heterocycles. The molecule has 0 bridgehead atoms. The molecule has 0 atom stereocenters. The van der Waals surface area contributed by atoms with E-state index in [0.29, 0.717) is 0 Å². The molecule has 1 fully saturated rings. The molecule has 1 aromatic rings. The number of rotatable bonds is 5. The molecule has 1 aromatic carbocycles. The summed E-state index contributed by atoms with van der Waals surface area (Å²) in [4.78, 5) is 2.63. The van der Waals surface area contributed by atoms with Crippen LogP contribution in [0.5, 0.6) is 0 Å². The molecular weight excluding hydrogens is 220 g/mol. The van der Waals surface area contributed by atoms with Gasteiger partial charge in [0.1, 0.15) is 0 Å². The third kappa shape index (κ3) is 4.02. The van der Waals surface area contributed by atoms with Gasteiger partial charge in [-0.3, -0.25) is 0 Å². The van der Waals surface area contributed by atoms with E-state index < -0.39 is 0 Å². The van der Waals surface area contributed by atoms with Crippen LogP contribution in [0.2, 0.25) is 0 Å². The largest absolute Gasteiger partial charge is 0.399 e. The number of anilines is 1. The van der Waals surface area contributed by atoms with Crippen LogP contribution >= 0.6 is 0 Å². The summed E-state index contributed by atoms with van der Waals surface area (Å²) in [6, 6.07) is 8.31. The number of nitrogen functional groups attached to an aromatic ring is 1. The number of hydrogen-bond donors (Lipinski definition) is 1. The van der Waals surface area contributed by atoms with Crippen molar-refractivity contribution in [2.24, 2.45) is 5.92 Å². The van der Waals surface area contributed by atoms with Gasteiger partial charge in [0.2, 0.25) is 0 Å². The van der Waals surface area contributed by atoms with Crippen LogP contribution in [0, 0.1) is 5.92 Å². The number of piperidine rings is 1. The maximum Gasteiger partial charge on any atom is 0.0314 e. The highest BCUT2D eigenvalue weighted by atomic mass is 15.1. The van der Waals surface area contributed by atoms with Gasteiger partial charge >= 0.3 is 0 Å². The molecule has 1 aliphatic rings. The molecule has 0 spiro atoms. The first-order valence-corrected chi connectivity index (χ1v) is 7.34. The zero-order valence-corrected chi connectivity index (χ0v) is 11.6. The number of benzene rings is 1. The summed E-state index contributed by atoms with van der Waals surface area (Å²) in [5.41, 5.74) is 7.96. The lowest BCUT2D eigenvalue weighted by Gasteiger charge is -2.31. The zero-order chi connectivity index (χ0) is 12.8. The first kappa shape index (κ1) is 13.4. The lowest BCUT2D eigenvalue weighted by atomic mass is 9.94. The second-order valence-corrected chi connectivity index (χ2v) is 5.54. The number of likely N-dealkylation sites (tertiary alicyclic amines) is 1. The van der Waals surface area contributed by atoms with Gasteiger partial charge in [-0.2, -0.15) is 0 Å². The molecule has 0 radical (unpaired) electrons. The predicted octanol–water partition coefficient (Wildman–Crippen LogP) is 3.32. The average Bonchev–Trinajstić information content (AvgIpc) is 2.42. The molecule has 2 nitrogen and oxygen atoms in total. The van der Waals surface area contributed by atoms with Crippen LogP contribution in [0.1, 0.15) is 38.2 Å². The van der Waals surface area contributed by atoms with E-state index in [-0.39, 0.29) is 0 Å². The molecule has 1 heterocycles. The molecular formula is C16H26N2. The van der Waals surface area contributed by atoms with Crippen LogP contribution in [0.15, 0.2) is 24.3 Å². The quantitative estimate of drug-likeness (QED) is 0.808. The Morgan fingerprint density at radius 1 is 1.17 bits per heavy atom. The second-order valence-electron chi connectivity index (χ2n) is 5.54. The van der Waals surface area contributed by atoms with Gasteiger partial charge in [0.15, 0.2) is 0 Å². The molecule has 2 N–H and O–H groups in total. The fourth-order valence-corrected chi connectivity index (χ4v) is 2.81. The van der Waals surface area contributed by atoms with E-state index in [4.69, 9.17) is 5.73 Å². The molecule has 18 heavy (non-hydrogen) atoms. The summed E-state index contributed by atoms with van der Waals surface area (Å²) < 4.78 is 0. The molecule has 1 saturated heterocycles. The molecule has 0 aliphatic carbocycles.